The van der Waals surface area contributed by atoms with E-state index in [1.54, 1.807) is 0 Å². The number of hydrogen-bond donors (Lipinski definition) is 2. The van der Waals surface area contributed by atoms with Crippen molar-refractivity contribution in [3.63, 3.8) is 0 Å². The Morgan fingerprint density at radius 2 is 2.20 bits per heavy atom. The van der Waals surface area contributed by atoms with Crippen molar-refractivity contribution in [2.24, 2.45) is 0 Å². The fourth-order valence-electron chi connectivity index (χ4n) is 0.884. The van der Waals surface area contributed by atoms with Crippen LogP contribution in [0, 0.1) is 0 Å². The van der Waals surface area contributed by atoms with Crippen molar-refractivity contribution in [1.29, 1.82) is 0 Å². The van der Waals surface area contributed by atoms with Crippen LogP contribution in [0.1, 0.15) is 17.5 Å². The Hall–Kier alpha value is -1.15. The van der Waals surface area contributed by atoms with Crippen molar-refractivity contribution in [3.05, 3.63) is 10.6 Å². The molecule has 1 heterocycles. The summed E-state index contributed by atoms with van der Waals surface area (Å²) < 4.78 is 36.9. The molecule has 0 saturated heterocycles. The van der Waals surface area contributed by atoms with E-state index in [0.717, 1.165) is 6.92 Å². The van der Waals surface area contributed by atoms with Gasteiger partial charge in [0.2, 0.25) is 5.91 Å². The Labute approximate surface area is 86.8 Å². The van der Waals surface area contributed by atoms with Crippen LogP contribution in [0.3, 0.4) is 0 Å². The zero-order valence-electron chi connectivity index (χ0n) is 7.55. The second kappa shape index (κ2) is 4.15. The van der Waals surface area contributed by atoms with Gasteiger partial charge in [0.1, 0.15) is 0 Å². The zero-order chi connectivity index (χ0) is 11.6. The fraction of sp³-hybridized carbons (Fsp3) is 0.429. The second-order valence-corrected chi connectivity index (χ2v) is 3.71. The highest BCUT2D eigenvalue weighted by Crippen LogP contribution is 2.35. The number of alkyl halides is 3. The minimum absolute atomic E-state index is 0.168. The van der Waals surface area contributed by atoms with Crippen LogP contribution in [0.25, 0.3) is 0 Å². The van der Waals surface area contributed by atoms with E-state index >= 15 is 0 Å². The molecule has 0 aliphatic heterocycles. The summed E-state index contributed by atoms with van der Waals surface area (Å²) in [6, 6.07) is 0. The molecule has 84 valence electrons. The summed E-state index contributed by atoms with van der Waals surface area (Å²) in [5.41, 5.74) is -1.15. The molecule has 8 heteroatoms. The highest BCUT2D eigenvalue weighted by Gasteiger charge is 2.37. The summed E-state index contributed by atoms with van der Waals surface area (Å²) in [5, 5.41) is 10.6. The summed E-state index contributed by atoms with van der Waals surface area (Å²) in [7, 11) is 0. The Balaban J connectivity index is 3.06. The maximum Gasteiger partial charge on any atom is 0.434 e. The van der Waals surface area contributed by atoms with Crippen molar-refractivity contribution in [2.45, 2.75) is 19.7 Å². The van der Waals surface area contributed by atoms with Crippen molar-refractivity contribution >= 4 is 22.4 Å². The number of nitrogens with zero attached hydrogens (tertiary/aromatic N) is 1. The quantitative estimate of drug-likeness (QED) is 0.825. The van der Waals surface area contributed by atoms with Crippen LogP contribution >= 0.6 is 11.3 Å². The molecule has 0 fully saturated rings. The number of carbonyl (C=O) groups excluding carboxylic acids is 1. The summed E-state index contributed by atoms with van der Waals surface area (Å²) in [4.78, 5) is 13.5. The third-order valence-electron chi connectivity index (χ3n) is 1.39. The van der Waals surface area contributed by atoms with E-state index in [0.29, 0.717) is 11.3 Å². The number of amides is 1. The van der Waals surface area contributed by atoms with Gasteiger partial charge in [-0.3, -0.25) is 4.79 Å². The number of anilines is 1. The normalized spacial score (nSPS) is 11.5. The lowest BCUT2D eigenvalue weighted by atomic mass is 10.4. The van der Waals surface area contributed by atoms with E-state index in [2.05, 4.69) is 10.3 Å². The predicted octanol–water partition coefficient (Wildman–Crippen LogP) is 1.61. The van der Waals surface area contributed by atoms with Gasteiger partial charge in [0.05, 0.1) is 11.5 Å². The Morgan fingerprint density at radius 3 is 2.53 bits per heavy atom. The first-order chi connectivity index (χ1) is 6.84. The van der Waals surface area contributed by atoms with E-state index < -0.39 is 24.4 Å². The summed E-state index contributed by atoms with van der Waals surface area (Å²) in [6.07, 6.45) is -4.62. The predicted molar refractivity (Wildman–Crippen MR) is 47.3 cm³/mol. The van der Waals surface area contributed by atoms with E-state index in [-0.39, 0.29) is 10.0 Å². The number of halogens is 3. The minimum Gasteiger partial charge on any atom is -0.391 e. The summed E-state index contributed by atoms with van der Waals surface area (Å²) >= 11 is 0.602. The maximum atomic E-state index is 12.3. The van der Waals surface area contributed by atoms with Crippen LogP contribution in [0.5, 0.6) is 0 Å². The summed E-state index contributed by atoms with van der Waals surface area (Å²) in [6.45, 7) is 0.402. The Bertz CT molecular complexity index is 375. The smallest absolute Gasteiger partial charge is 0.391 e. The van der Waals surface area contributed by atoms with Gasteiger partial charge in [0.25, 0.3) is 0 Å². The van der Waals surface area contributed by atoms with Crippen molar-refractivity contribution in [3.8, 4) is 0 Å². The summed E-state index contributed by atoms with van der Waals surface area (Å²) in [5.74, 6) is -0.512. The van der Waals surface area contributed by atoms with Gasteiger partial charge in [-0.25, -0.2) is 4.98 Å². The van der Waals surface area contributed by atoms with Crippen molar-refractivity contribution in [1.82, 2.24) is 4.98 Å². The Morgan fingerprint density at radius 1 is 1.60 bits per heavy atom. The van der Waals surface area contributed by atoms with E-state index in [9.17, 15) is 18.0 Å². The number of thiazole rings is 1. The first kappa shape index (κ1) is 11.9. The molecule has 0 spiro atoms. The fourth-order valence-corrected chi connectivity index (χ4v) is 1.77. The number of hydrogen-bond acceptors (Lipinski definition) is 4. The molecular weight excluding hydrogens is 233 g/mol. The van der Waals surface area contributed by atoms with Crippen LogP contribution in [0.4, 0.5) is 18.3 Å². The van der Waals surface area contributed by atoms with Gasteiger partial charge < -0.3 is 10.4 Å². The molecule has 1 amide bonds. The van der Waals surface area contributed by atoms with Gasteiger partial charge >= 0.3 is 6.18 Å². The van der Waals surface area contributed by atoms with E-state index in [1.165, 1.54) is 0 Å². The standard InChI is InChI=1S/C7H7F3N2O2S/c1-3(14)11-6-12-5(7(8,9)10)4(2-13)15-6/h13H,2H2,1H3,(H,11,12,14). The van der Waals surface area contributed by atoms with Crippen LogP contribution in [0.2, 0.25) is 0 Å². The molecule has 0 atom stereocenters. The molecule has 0 saturated carbocycles. The van der Waals surface area contributed by atoms with Crippen LogP contribution in [-0.4, -0.2) is 16.0 Å². The molecule has 4 nitrogen and oxygen atoms in total. The van der Waals surface area contributed by atoms with Crippen molar-refractivity contribution in [2.75, 3.05) is 5.32 Å². The topological polar surface area (TPSA) is 62.2 Å². The molecule has 0 unspecified atom stereocenters. The minimum atomic E-state index is -4.62. The molecule has 1 aromatic rings. The Kier molecular flexibility index (Phi) is 3.30. The monoisotopic (exact) mass is 240 g/mol. The molecular formula is C7H7F3N2O2S. The molecule has 1 aromatic heterocycles. The lowest BCUT2D eigenvalue weighted by Gasteiger charge is -2.03. The lowest BCUT2D eigenvalue weighted by Crippen LogP contribution is -2.10. The number of aromatic nitrogens is 1. The number of aliphatic hydroxyl groups is 1. The van der Waals surface area contributed by atoms with E-state index in [1.807, 2.05) is 0 Å². The molecule has 1 rings (SSSR count). The second-order valence-electron chi connectivity index (χ2n) is 2.63. The van der Waals surface area contributed by atoms with Gasteiger partial charge in [-0.05, 0) is 0 Å². The van der Waals surface area contributed by atoms with Gasteiger partial charge in [-0.1, -0.05) is 11.3 Å². The average molecular weight is 240 g/mol. The molecule has 2 N–H and O–H groups in total. The maximum absolute atomic E-state index is 12.3. The van der Waals surface area contributed by atoms with Crippen LogP contribution in [-0.2, 0) is 17.6 Å². The SMILES string of the molecule is CC(=O)Nc1nc(C(F)(F)F)c(CO)s1. The first-order valence-electron chi connectivity index (χ1n) is 3.80. The molecule has 0 aliphatic rings. The van der Waals surface area contributed by atoms with Gasteiger partial charge in [-0.15, -0.1) is 0 Å². The zero-order valence-corrected chi connectivity index (χ0v) is 8.37. The largest absolute Gasteiger partial charge is 0.434 e. The highest BCUT2D eigenvalue weighted by atomic mass is 32.1. The van der Waals surface area contributed by atoms with Crippen LogP contribution in [0.15, 0.2) is 0 Å². The number of rotatable bonds is 2. The highest BCUT2D eigenvalue weighted by molar-refractivity contribution is 7.15. The first-order valence-corrected chi connectivity index (χ1v) is 4.61. The van der Waals surface area contributed by atoms with Gasteiger partial charge in [0, 0.05) is 6.92 Å². The van der Waals surface area contributed by atoms with E-state index in [4.69, 9.17) is 5.11 Å². The third kappa shape index (κ3) is 2.90. The molecule has 0 aliphatic carbocycles. The number of carbonyl (C=O) groups is 1. The van der Waals surface area contributed by atoms with Crippen molar-refractivity contribution < 1.29 is 23.1 Å². The number of nitrogens with one attached hydrogen (secondary N) is 1. The molecule has 0 radical (unpaired) electrons. The van der Waals surface area contributed by atoms with Crippen LogP contribution < -0.4 is 5.32 Å². The lowest BCUT2D eigenvalue weighted by molar-refractivity contribution is -0.141. The average Bonchev–Trinajstić information content (AvgIpc) is 2.45. The van der Waals surface area contributed by atoms with Gasteiger partial charge in [0.15, 0.2) is 10.8 Å². The molecule has 15 heavy (non-hydrogen) atoms. The molecule has 0 bridgehead atoms. The molecule has 0 aromatic carbocycles. The number of aliphatic hydroxyl groups excluding tert-OH is 1. The third-order valence-corrected chi connectivity index (χ3v) is 2.35. The van der Waals surface area contributed by atoms with Gasteiger partial charge in [-0.2, -0.15) is 13.2 Å².